The Balaban J connectivity index is 1.38. The Kier molecular flexibility index (Phi) is 6.20. The van der Waals surface area contributed by atoms with Crippen molar-refractivity contribution in [3.8, 4) is 0 Å². The van der Waals surface area contributed by atoms with Crippen LogP contribution in [0.5, 0.6) is 0 Å². The smallest absolute Gasteiger partial charge is 0.315 e. The molecule has 0 fully saturated rings. The van der Waals surface area contributed by atoms with Gasteiger partial charge < -0.3 is 10.6 Å². The van der Waals surface area contributed by atoms with Crippen LogP contribution in [-0.4, -0.2) is 27.8 Å². The van der Waals surface area contributed by atoms with Gasteiger partial charge in [-0.15, -0.1) is 0 Å². The van der Waals surface area contributed by atoms with Gasteiger partial charge in [-0.2, -0.15) is 5.10 Å². The normalized spacial score (nSPS) is 10.6. The molecule has 3 aromatic rings. The molecule has 0 bridgehead atoms. The van der Waals surface area contributed by atoms with Crippen LogP contribution in [0.4, 0.5) is 4.79 Å². The molecule has 6 heteroatoms. The van der Waals surface area contributed by atoms with Gasteiger partial charge >= 0.3 is 6.03 Å². The van der Waals surface area contributed by atoms with Crippen molar-refractivity contribution in [2.24, 2.45) is 0 Å². The molecule has 0 aliphatic rings. The lowest BCUT2D eigenvalue weighted by molar-refractivity contribution is 0.240. The molecule has 0 saturated heterocycles. The number of nitrogens with zero attached hydrogens (tertiary/aromatic N) is 2. The first-order chi connectivity index (χ1) is 13.1. The highest BCUT2D eigenvalue weighted by atomic mass is 16.2. The first-order valence-electron chi connectivity index (χ1n) is 9.11. The van der Waals surface area contributed by atoms with Crippen molar-refractivity contribution in [3.63, 3.8) is 0 Å². The Morgan fingerprint density at radius 1 is 0.926 bits per heavy atom. The molecule has 2 amide bonds. The maximum atomic E-state index is 11.9. The molecular weight excluding hydrogens is 338 g/mol. The second-order valence-electron chi connectivity index (χ2n) is 6.71. The molecule has 3 N–H and O–H groups in total. The Labute approximate surface area is 159 Å². The SMILES string of the molecule is Cc1ccc(CNC(=O)NCCc2n[nH]c(Cc3ccc(C)cc3)n2)cc1. The minimum atomic E-state index is -0.189. The number of aromatic nitrogens is 3. The number of hydrogen-bond donors (Lipinski definition) is 3. The van der Waals surface area contributed by atoms with Gasteiger partial charge in [0.1, 0.15) is 5.82 Å². The maximum Gasteiger partial charge on any atom is 0.315 e. The number of aryl methyl sites for hydroxylation is 2. The minimum absolute atomic E-state index is 0.189. The van der Waals surface area contributed by atoms with E-state index in [1.165, 1.54) is 16.7 Å². The van der Waals surface area contributed by atoms with Gasteiger partial charge in [0, 0.05) is 25.9 Å². The summed E-state index contributed by atoms with van der Waals surface area (Å²) < 4.78 is 0. The molecule has 0 aliphatic carbocycles. The van der Waals surface area contributed by atoms with Gasteiger partial charge in [-0.05, 0) is 25.0 Å². The summed E-state index contributed by atoms with van der Waals surface area (Å²) in [6, 6.07) is 16.3. The molecule has 1 aromatic heterocycles. The highest BCUT2D eigenvalue weighted by Crippen LogP contribution is 2.07. The summed E-state index contributed by atoms with van der Waals surface area (Å²) in [6.07, 6.45) is 1.31. The van der Waals surface area contributed by atoms with Gasteiger partial charge in [0.25, 0.3) is 0 Å². The van der Waals surface area contributed by atoms with Crippen molar-refractivity contribution < 1.29 is 4.79 Å². The van der Waals surface area contributed by atoms with Crippen molar-refractivity contribution in [1.82, 2.24) is 25.8 Å². The van der Waals surface area contributed by atoms with E-state index in [0.717, 1.165) is 17.8 Å². The average Bonchev–Trinajstić information content (AvgIpc) is 3.10. The minimum Gasteiger partial charge on any atom is -0.338 e. The zero-order chi connectivity index (χ0) is 19.1. The van der Waals surface area contributed by atoms with Crippen molar-refractivity contribution >= 4 is 6.03 Å². The van der Waals surface area contributed by atoms with Gasteiger partial charge in [-0.1, -0.05) is 59.7 Å². The summed E-state index contributed by atoms with van der Waals surface area (Å²) >= 11 is 0. The third-order valence-corrected chi connectivity index (χ3v) is 4.28. The molecule has 0 unspecified atom stereocenters. The van der Waals surface area contributed by atoms with Gasteiger partial charge in [0.15, 0.2) is 5.82 Å². The van der Waals surface area contributed by atoms with E-state index in [-0.39, 0.29) is 6.03 Å². The lowest BCUT2D eigenvalue weighted by Crippen LogP contribution is -2.36. The Hall–Kier alpha value is -3.15. The quantitative estimate of drug-likeness (QED) is 0.603. The largest absolute Gasteiger partial charge is 0.338 e. The molecule has 0 saturated carbocycles. The van der Waals surface area contributed by atoms with E-state index in [2.05, 4.69) is 57.0 Å². The lowest BCUT2D eigenvalue weighted by Gasteiger charge is -2.07. The second-order valence-corrected chi connectivity index (χ2v) is 6.71. The van der Waals surface area contributed by atoms with Crippen LogP contribution < -0.4 is 10.6 Å². The van der Waals surface area contributed by atoms with E-state index in [1.807, 2.05) is 31.2 Å². The van der Waals surface area contributed by atoms with Crippen molar-refractivity contribution in [2.75, 3.05) is 6.54 Å². The van der Waals surface area contributed by atoms with Gasteiger partial charge in [0.2, 0.25) is 0 Å². The van der Waals surface area contributed by atoms with E-state index in [0.29, 0.717) is 25.3 Å². The van der Waals surface area contributed by atoms with Crippen molar-refractivity contribution in [3.05, 3.63) is 82.4 Å². The van der Waals surface area contributed by atoms with E-state index in [9.17, 15) is 4.79 Å². The van der Waals surface area contributed by atoms with Crippen LogP contribution in [0.2, 0.25) is 0 Å². The van der Waals surface area contributed by atoms with Crippen LogP contribution in [0, 0.1) is 13.8 Å². The number of H-pyrrole nitrogens is 1. The van der Waals surface area contributed by atoms with Crippen LogP contribution in [0.25, 0.3) is 0 Å². The number of hydrogen-bond acceptors (Lipinski definition) is 3. The maximum absolute atomic E-state index is 11.9. The monoisotopic (exact) mass is 363 g/mol. The molecule has 6 nitrogen and oxygen atoms in total. The van der Waals surface area contributed by atoms with Crippen LogP contribution in [-0.2, 0) is 19.4 Å². The Morgan fingerprint density at radius 3 is 2.22 bits per heavy atom. The molecule has 3 rings (SSSR count). The summed E-state index contributed by atoms with van der Waals surface area (Å²) in [5.74, 6) is 1.54. The molecule has 0 radical (unpaired) electrons. The fourth-order valence-corrected chi connectivity index (χ4v) is 2.66. The molecule has 2 aromatic carbocycles. The predicted octanol–water partition coefficient (Wildman–Crippen LogP) is 3.05. The fraction of sp³-hybridized carbons (Fsp3) is 0.286. The molecule has 0 aliphatic heterocycles. The van der Waals surface area contributed by atoms with Crippen LogP contribution in [0.3, 0.4) is 0 Å². The molecular formula is C21H25N5O. The number of urea groups is 1. The Bertz CT molecular complexity index is 868. The van der Waals surface area contributed by atoms with Crippen molar-refractivity contribution in [2.45, 2.75) is 33.2 Å². The summed E-state index contributed by atoms with van der Waals surface area (Å²) in [7, 11) is 0. The zero-order valence-electron chi connectivity index (χ0n) is 15.7. The molecule has 140 valence electrons. The zero-order valence-corrected chi connectivity index (χ0v) is 15.7. The van der Waals surface area contributed by atoms with Gasteiger partial charge in [0.05, 0.1) is 0 Å². The standard InChI is InChI=1S/C21H25N5O/c1-15-3-7-17(8-4-15)13-20-24-19(25-26-20)11-12-22-21(27)23-14-18-9-5-16(2)6-10-18/h3-10H,11-14H2,1-2H3,(H2,22,23,27)(H,24,25,26). The molecule has 0 spiro atoms. The molecule has 0 atom stereocenters. The van der Waals surface area contributed by atoms with Gasteiger partial charge in [-0.25, -0.2) is 9.78 Å². The van der Waals surface area contributed by atoms with E-state index in [4.69, 9.17) is 0 Å². The number of rotatable bonds is 7. The summed E-state index contributed by atoms with van der Waals surface area (Å²) in [6.45, 7) is 5.11. The summed E-state index contributed by atoms with van der Waals surface area (Å²) in [4.78, 5) is 16.4. The first kappa shape index (κ1) is 18.6. The molecule has 1 heterocycles. The number of aromatic amines is 1. The highest BCUT2D eigenvalue weighted by molar-refractivity contribution is 5.73. The predicted molar refractivity (Wildman–Crippen MR) is 105 cm³/mol. The van der Waals surface area contributed by atoms with E-state index in [1.54, 1.807) is 0 Å². The van der Waals surface area contributed by atoms with Crippen LogP contribution >= 0.6 is 0 Å². The first-order valence-corrected chi connectivity index (χ1v) is 9.11. The average molecular weight is 363 g/mol. The van der Waals surface area contributed by atoms with Crippen LogP contribution in [0.1, 0.15) is 33.9 Å². The third kappa shape index (κ3) is 5.95. The summed E-state index contributed by atoms with van der Waals surface area (Å²) in [5.41, 5.74) is 4.71. The topological polar surface area (TPSA) is 82.7 Å². The van der Waals surface area contributed by atoms with E-state index >= 15 is 0 Å². The number of benzene rings is 2. The van der Waals surface area contributed by atoms with Crippen molar-refractivity contribution in [1.29, 1.82) is 0 Å². The fourth-order valence-electron chi connectivity index (χ4n) is 2.66. The lowest BCUT2D eigenvalue weighted by atomic mass is 10.1. The Morgan fingerprint density at radius 2 is 1.56 bits per heavy atom. The number of amides is 2. The molecule has 27 heavy (non-hydrogen) atoms. The van der Waals surface area contributed by atoms with E-state index < -0.39 is 0 Å². The highest BCUT2D eigenvalue weighted by Gasteiger charge is 2.06. The van der Waals surface area contributed by atoms with Crippen LogP contribution in [0.15, 0.2) is 48.5 Å². The second kappa shape index (κ2) is 8.98. The van der Waals surface area contributed by atoms with Gasteiger partial charge in [-0.3, -0.25) is 5.10 Å². The number of carbonyl (C=O) groups is 1. The number of carbonyl (C=O) groups excluding carboxylic acids is 1. The summed E-state index contributed by atoms with van der Waals surface area (Å²) in [5, 5.41) is 12.9. The third-order valence-electron chi connectivity index (χ3n) is 4.28. The number of nitrogens with one attached hydrogen (secondary N) is 3.